The third kappa shape index (κ3) is 14.3. The van der Waals surface area contributed by atoms with Crippen LogP contribution in [0.3, 0.4) is 0 Å². The summed E-state index contributed by atoms with van der Waals surface area (Å²) in [5, 5.41) is 0. The molecule has 0 saturated heterocycles. The van der Waals surface area contributed by atoms with E-state index >= 15 is 0 Å². The first kappa shape index (κ1) is 37.7. The zero-order valence-electron chi connectivity index (χ0n) is 26.4. The summed E-state index contributed by atoms with van der Waals surface area (Å²) in [5.41, 5.74) is 6.85. The number of benzene rings is 2. The largest absolute Gasteiger partial charge is 0.331 e. The Kier molecular flexibility index (Phi) is 20.6. The molecule has 2 aromatic rings. The Bertz CT molecular complexity index is 1060. The molecule has 0 spiro atoms. The van der Waals surface area contributed by atoms with E-state index in [0.29, 0.717) is 0 Å². The molecular formula is C35H52F3N3. The number of hydrogen-bond acceptors (Lipinski definition) is 3. The number of likely N-dealkylation sites (N-methyl/N-ethyl adjacent to an activating group) is 1. The van der Waals surface area contributed by atoms with Crippen LogP contribution in [0.5, 0.6) is 0 Å². The first-order chi connectivity index (χ1) is 19.6. The smallest absolute Gasteiger partial charge is 0.229 e. The minimum Gasteiger partial charge on any atom is -0.331 e. The van der Waals surface area contributed by atoms with Gasteiger partial charge >= 0.3 is 0 Å². The van der Waals surface area contributed by atoms with Crippen LogP contribution in [0.4, 0.5) is 13.2 Å². The van der Waals surface area contributed by atoms with Crippen molar-refractivity contribution in [2.45, 2.75) is 86.7 Å². The lowest BCUT2D eigenvalue weighted by Gasteiger charge is -2.39. The molecule has 228 valence electrons. The highest BCUT2D eigenvalue weighted by Gasteiger charge is 2.26. The highest BCUT2D eigenvalue weighted by atomic mass is 19.3. The standard InChI is InChI=1S/C16H27N3.C9H11F.C9H12.CH2F2/c1-7-9-10-11-12-19-15(5)18(6)14(4)13(3)16(19)17-8-2;1-2-8-4-3-5-9(6-8)7-10;1-3-9-6-4-8(2)5-7-9;2-1-3/h8H,4-5,7,9-12H2,1-3,6H3;3-6H,2,7H2,1H3;4-7H,3H2,1-2H3;1H2/b17-8-;;;. The number of aryl methyl sites for hydroxylation is 3. The van der Waals surface area contributed by atoms with Crippen LogP contribution in [-0.2, 0) is 19.5 Å². The second kappa shape index (κ2) is 22.4. The van der Waals surface area contributed by atoms with Crippen LogP contribution in [0.2, 0.25) is 0 Å². The van der Waals surface area contributed by atoms with Gasteiger partial charge in [-0.25, -0.2) is 18.2 Å². The van der Waals surface area contributed by atoms with Gasteiger partial charge in [-0.2, -0.15) is 0 Å². The highest BCUT2D eigenvalue weighted by Crippen LogP contribution is 2.31. The third-order valence-corrected chi connectivity index (χ3v) is 6.70. The molecular weight excluding hydrogens is 519 g/mol. The van der Waals surface area contributed by atoms with Crippen molar-refractivity contribution in [3.63, 3.8) is 0 Å². The predicted octanol–water partition coefficient (Wildman–Crippen LogP) is 10.3. The molecule has 0 unspecified atom stereocenters. The summed E-state index contributed by atoms with van der Waals surface area (Å²) >= 11 is 0. The number of halogens is 3. The third-order valence-electron chi connectivity index (χ3n) is 6.70. The van der Waals surface area contributed by atoms with Crippen molar-refractivity contribution in [3.05, 3.63) is 107 Å². The van der Waals surface area contributed by atoms with E-state index < -0.39 is 6.93 Å². The number of hydrogen-bond donors (Lipinski definition) is 0. The van der Waals surface area contributed by atoms with Gasteiger partial charge in [0, 0.05) is 31.1 Å². The average molecular weight is 572 g/mol. The zero-order valence-corrected chi connectivity index (χ0v) is 26.4. The summed E-state index contributed by atoms with van der Waals surface area (Å²) in [6, 6.07) is 16.3. The summed E-state index contributed by atoms with van der Waals surface area (Å²) in [5.74, 6) is 1.96. The van der Waals surface area contributed by atoms with Crippen molar-refractivity contribution < 1.29 is 13.2 Å². The molecule has 0 N–H and O–H groups in total. The molecule has 2 aromatic carbocycles. The lowest BCUT2D eigenvalue weighted by molar-refractivity contribution is 0.286. The summed E-state index contributed by atoms with van der Waals surface area (Å²) in [7, 11) is 2.01. The summed E-state index contributed by atoms with van der Waals surface area (Å²) in [6.45, 7) is 19.8. The number of rotatable bonds is 9. The lowest BCUT2D eigenvalue weighted by atomic mass is 10.1. The molecule has 1 heterocycles. The highest BCUT2D eigenvalue weighted by molar-refractivity contribution is 5.56. The molecule has 0 fully saturated rings. The lowest BCUT2D eigenvalue weighted by Crippen LogP contribution is -2.37. The van der Waals surface area contributed by atoms with Crippen LogP contribution < -0.4 is 0 Å². The number of alkyl halides is 3. The monoisotopic (exact) mass is 571 g/mol. The molecule has 0 aliphatic carbocycles. The predicted molar refractivity (Wildman–Crippen MR) is 172 cm³/mol. The van der Waals surface area contributed by atoms with Crippen LogP contribution >= 0.6 is 0 Å². The van der Waals surface area contributed by atoms with Gasteiger partial charge in [0.15, 0.2) is 0 Å². The SMILES string of the molecule is C=C1C(C)=C(/N=C\C)N(CCCCCC)C(=C)N1C.CCc1ccc(C)cc1.CCc1cccc(CF)c1.FCF. The minimum absolute atomic E-state index is 0.353. The van der Waals surface area contributed by atoms with E-state index in [-0.39, 0.29) is 6.67 Å². The Morgan fingerprint density at radius 1 is 0.829 bits per heavy atom. The number of nitrogens with zero attached hydrogens (tertiary/aromatic N) is 3. The number of unbranched alkanes of at least 4 members (excludes halogenated alkanes) is 3. The molecule has 6 heteroatoms. The fourth-order valence-corrected chi connectivity index (χ4v) is 4.02. The van der Waals surface area contributed by atoms with Gasteiger partial charge in [-0.1, -0.05) is 107 Å². The molecule has 0 saturated carbocycles. The van der Waals surface area contributed by atoms with Gasteiger partial charge in [0.25, 0.3) is 0 Å². The van der Waals surface area contributed by atoms with E-state index in [0.717, 1.165) is 47.9 Å². The summed E-state index contributed by atoms with van der Waals surface area (Å²) in [6.07, 6.45) is 8.93. The van der Waals surface area contributed by atoms with Gasteiger partial charge in [0.2, 0.25) is 6.93 Å². The van der Waals surface area contributed by atoms with Crippen LogP contribution in [0, 0.1) is 6.92 Å². The van der Waals surface area contributed by atoms with Crippen LogP contribution in [0.1, 0.15) is 82.6 Å². The van der Waals surface area contributed by atoms with E-state index in [1.54, 1.807) is 6.07 Å². The molecule has 1 aliphatic heterocycles. The normalized spacial score (nSPS) is 12.8. The van der Waals surface area contributed by atoms with Gasteiger partial charge in [-0.15, -0.1) is 0 Å². The van der Waals surface area contributed by atoms with Crippen molar-refractivity contribution in [1.29, 1.82) is 0 Å². The van der Waals surface area contributed by atoms with Gasteiger partial charge in [-0.05, 0) is 56.7 Å². The first-order valence-corrected chi connectivity index (χ1v) is 14.6. The van der Waals surface area contributed by atoms with Crippen molar-refractivity contribution in [3.8, 4) is 0 Å². The van der Waals surface area contributed by atoms with Crippen LogP contribution in [0.25, 0.3) is 0 Å². The Morgan fingerprint density at radius 2 is 1.41 bits per heavy atom. The minimum atomic E-state index is -1.75. The fourth-order valence-electron chi connectivity index (χ4n) is 4.02. The Labute approximate surface area is 248 Å². The first-order valence-electron chi connectivity index (χ1n) is 14.6. The van der Waals surface area contributed by atoms with Crippen molar-refractivity contribution in [2.24, 2.45) is 4.99 Å². The Hall–Kier alpha value is -3.28. The zero-order chi connectivity index (χ0) is 31.2. The second-order valence-corrected chi connectivity index (χ2v) is 9.72. The van der Waals surface area contributed by atoms with Crippen molar-refractivity contribution in [2.75, 3.05) is 20.5 Å². The topological polar surface area (TPSA) is 18.8 Å². The maximum absolute atomic E-state index is 12.0. The van der Waals surface area contributed by atoms with E-state index in [2.05, 4.69) is 81.9 Å². The molecule has 0 aromatic heterocycles. The molecule has 0 atom stereocenters. The molecule has 0 radical (unpaired) electrons. The molecule has 3 rings (SSSR count). The summed E-state index contributed by atoms with van der Waals surface area (Å²) in [4.78, 5) is 8.77. The van der Waals surface area contributed by atoms with Gasteiger partial charge in [0.05, 0.1) is 0 Å². The molecule has 41 heavy (non-hydrogen) atoms. The molecule has 1 aliphatic rings. The Morgan fingerprint density at radius 3 is 1.93 bits per heavy atom. The van der Waals surface area contributed by atoms with Crippen molar-refractivity contribution in [1.82, 2.24) is 9.80 Å². The van der Waals surface area contributed by atoms with Crippen LogP contribution in [0.15, 0.2) is 89.6 Å². The van der Waals surface area contributed by atoms with Gasteiger partial charge < -0.3 is 9.80 Å². The average Bonchev–Trinajstić information content (AvgIpc) is 2.99. The molecule has 0 amide bonds. The second-order valence-electron chi connectivity index (χ2n) is 9.72. The van der Waals surface area contributed by atoms with E-state index in [1.807, 2.05) is 43.3 Å². The van der Waals surface area contributed by atoms with E-state index in [4.69, 9.17) is 0 Å². The molecule has 0 bridgehead atoms. The number of allylic oxidation sites excluding steroid dienone is 1. The molecule has 3 nitrogen and oxygen atoms in total. The van der Waals surface area contributed by atoms with Crippen LogP contribution in [-0.4, -0.2) is 36.5 Å². The van der Waals surface area contributed by atoms with E-state index in [9.17, 15) is 13.2 Å². The quantitative estimate of drug-likeness (QED) is 0.220. The number of aliphatic imine (C=N–C) groups is 1. The summed E-state index contributed by atoms with van der Waals surface area (Å²) < 4.78 is 31.3. The maximum atomic E-state index is 12.0. The van der Waals surface area contributed by atoms with Gasteiger partial charge in [0.1, 0.15) is 18.3 Å². The van der Waals surface area contributed by atoms with Crippen molar-refractivity contribution >= 4 is 6.21 Å². The van der Waals surface area contributed by atoms with E-state index in [1.165, 1.54) is 42.4 Å². The fraction of sp³-hybridized carbons (Fsp3) is 0.457. The Balaban J connectivity index is 0.000000608. The van der Waals surface area contributed by atoms with Gasteiger partial charge in [-0.3, -0.25) is 0 Å². The maximum Gasteiger partial charge on any atom is 0.229 e.